The number of rotatable bonds is 4. The molecule has 0 unspecified atom stereocenters. The van der Waals surface area contributed by atoms with Crippen molar-refractivity contribution in [2.75, 3.05) is 0 Å². The van der Waals surface area contributed by atoms with Crippen LogP contribution in [0, 0.1) is 0 Å². The van der Waals surface area contributed by atoms with E-state index in [1.807, 2.05) is 39.8 Å². The van der Waals surface area contributed by atoms with E-state index in [1.54, 1.807) is 23.3 Å². The molecule has 0 radical (unpaired) electrons. The van der Waals surface area contributed by atoms with E-state index in [-0.39, 0.29) is 23.8 Å². The summed E-state index contributed by atoms with van der Waals surface area (Å²) in [6.07, 6.45) is 12.4. The molecule has 8 nitrogen and oxygen atoms in total. The Bertz CT molecular complexity index is 1240. The lowest BCUT2D eigenvalue weighted by Gasteiger charge is -2.34. The van der Waals surface area contributed by atoms with E-state index in [0.29, 0.717) is 0 Å². The Kier molecular flexibility index (Phi) is 3.90. The zero-order valence-electron chi connectivity index (χ0n) is 16.4. The molecule has 0 amide bonds. The highest BCUT2D eigenvalue weighted by molar-refractivity contribution is 5.55. The molecular weight excluding hydrogens is 378 g/mol. The third-order valence-corrected chi connectivity index (χ3v) is 6.31. The van der Waals surface area contributed by atoms with Gasteiger partial charge in [-0.05, 0) is 24.8 Å². The SMILES string of the molecule is O=c1n(C2CC(n3cc(-c4cnccn4)cn3)C2)nc2n1[C@H](c1ccccc1)CC2. The highest BCUT2D eigenvalue weighted by atomic mass is 16.2. The van der Waals surface area contributed by atoms with Crippen molar-refractivity contribution in [1.29, 1.82) is 0 Å². The molecule has 4 aromatic rings. The van der Waals surface area contributed by atoms with Crippen molar-refractivity contribution >= 4 is 0 Å². The van der Waals surface area contributed by atoms with E-state index in [9.17, 15) is 4.79 Å². The van der Waals surface area contributed by atoms with E-state index in [1.165, 1.54) is 5.56 Å². The van der Waals surface area contributed by atoms with Crippen molar-refractivity contribution in [1.82, 2.24) is 34.1 Å². The Hall–Kier alpha value is -3.55. The van der Waals surface area contributed by atoms with Crippen LogP contribution in [0.5, 0.6) is 0 Å². The highest BCUT2D eigenvalue weighted by Crippen LogP contribution is 2.41. The van der Waals surface area contributed by atoms with Crippen LogP contribution in [-0.2, 0) is 6.42 Å². The normalized spacial score (nSPS) is 22.6. The summed E-state index contributed by atoms with van der Waals surface area (Å²) in [5.74, 6) is 0.904. The molecule has 1 aliphatic heterocycles. The van der Waals surface area contributed by atoms with Crippen LogP contribution in [-0.4, -0.2) is 34.1 Å². The fourth-order valence-corrected chi connectivity index (χ4v) is 4.64. The second-order valence-electron chi connectivity index (χ2n) is 8.06. The summed E-state index contributed by atoms with van der Waals surface area (Å²) in [5, 5.41) is 9.19. The number of aryl methyl sites for hydroxylation is 1. The van der Waals surface area contributed by atoms with Crippen molar-refractivity contribution in [3.05, 3.63) is 83.2 Å². The van der Waals surface area contributed by atoms with Crippen LogP contribution in [0.3, 0.4) is 0 Å². The largest absolute Gasteiger partial charge is 0.346 e. The average Bonchev–Trinajstić information content (AvgIpc) is 3.47. The maximum absolute atomic E-state index is 13.1. The van der Waals surface area contributed by atoms with Gasteiger partial charge in [0.15, 0.2) is 0 Å². The Morgan fingerprint density at radius 1 is 1.00 bits per heavy atom. The first-order chi connectivity index (χ1) is 14.8. The number of benzene rings is 1. The monoisotopic (exact) mass is 399 g/mol. The Balaban J connectivity index is 1.20. The summed E-state index contributed by atoms with van der Waals surface area (Å²) in [6, 6.07) is 10.7. The van der Waals surface area contributed by atoms with Gasteiger partial charge in [0.1, 0.15) is 5.82 Å². The summed E-state index contributed by atoms with van der Waals surface area (Å²) in [4.78, 5) is 21.6. The molecule has 0 saturated heterocycles. The molecular formula is C22H21N7O. The average molecular weight is 399 g/mol. The molecule has 0 bridgehead atoms. The molecule has 8 heteroatoms. The van der Waals surface area contributed by atoms with Crippen molar-refractivity contribution in [2.45, 2.75) is 43.8 Å². The van der Waals surface area contributed by atoms with Crippen LogP contribution in [0.1, 0.15) is 48.8 Å². The van der Waals surface area contributed by atoms with Gasteiger partial charge in [-0.1, -0.05) is 30.3 Å². The number of hydrogen-bond donors (Lipinski definition) is 0. The fraction of sp³-hybridized carbons (Fsp3) is 0.318. The van der Waals surface area contributed by atoms with E-state index in [4.69, 9.17) is 0 Å². The Morgan fingerprint density at radius 3 is 2.67 bits per heavy atom. The van der Waals surface area contributed by atoms with Crippen molar-refractivity contribution in [3.8, 4) is 11.3 Å². The third-order valence-electron chi connectivity index (χ3n) is 6.31. The van der Waals surface area contributed by atoms with Crippen molar-refractivity contribution in [3.63, 3.8) is 0 Å². The van der Waals surface area contributed by atoms with Crippen LogP contribution in [0.4, 0.5) is 0 Å². The smallest absolute Gasteiger partial charge is 0.271 e. The standard InChI is InChI=1S/C22H21N7O/c30-22-28-20(15-4-2-1-3-5-15)6-7-21(28)26-29(22)18-10-17(11-18)27-14-16(12-25-27)19-13-23-8-9-24-19/h1-5,8-9,12-14,17-18,20H,6-7,10-11H2/t17?,18?,20-/m0/s1. The van der Waals surface area contributed by atoms with Gasteiger partial charge in [0.05, 0.1) is 36.2 Å². The number of nitrogens with zero attached hydrogens (tertiary/aromatic N) is 7. The molecule has 30 heavy (non-hydrogen) atoms. The molecule has 1 saturated carbocycles. The lowest BCUT2D eigenvalue weighted by molar-refractivity contribution is 0.170. The molecule has 150 valence electrons. The molecule has 4 heterocycles. The van der Waals surface area contributed by atoms with E-state index in [0.717, 1.165) is 42.8 Å². The quantitative estimate of drug-likeness (QED) is 0.527. The number of fused-ring (bicyclic) bond motifs is 1. The molecule has 1 atom stereocenters. The maximum atomic E-state index is 13.1. The van der Waals surface area contributed by atoms with Gasteiger partial charge in [-0.2, -0.15) is 10.2 Å². The van der Waals surface area contributed by atoms with Gasteiger partial charge in [-0.15, -0.1) is 0 Å². The minimum atomic E-state index is 0.0144. The lowest BCUT2D eigenvalue weighted by Crippen LogP contribution is -2.37. The van der Waals surface area contributed by atoms with Crippen molar-refractivity contribution < 1.29 is 0 Å². The molecule has 1 fully saturated rings. The first-order valence-corrected chi connectivity index (χ1v) is 10.3. The summed E-state index contributed by atoms with van der Waals surface area (Å²) in [7, 11) is 0. The minimum Gasteiger partial charge on any atom is -0.271 e. The van der Waals surface area contributed by atoms with Gasteiger partial charge < -0.3 is 0 Å². The van der Waals surface area contributed by atoms with Gasteiger partial charge in [-0.3, -0.25) is 19.2 Å². The second-order valence-corrected chi connectivity index (χ2v) is 8.06. The summed E-state index contributed by atoms with van der Waals surface area (Å²) in [6.45, 7) is 0. The highest BCUT2D eigenvalue weighted by Gasteiger charge is 2.37. The topological polar surface area (TPSA) is 83.4 Å². The van der Waals surface area contributed by atoms with Gasteiger partial charge in [0, 0.05) is 30.6 Å². The molecule has 3 aromatic heterocycles. The maximum Gasteiger partial charge on any atom is 0.346 e. The van der Waals surface area contributed by atoms with Crippen LogP contribution in [0.15, 0.2) is 66.1 Å². The Labute approximate surface area is 172 Å². The van der Waals surface area contributed by atoms with Crippen LogP contribution in [0.25, 0.3) is 11.3 Å². The predicted octanol–water partition coefficient (Wildman–Crippen LogP) is 2.81. The number of hydrogen-bond acceptors (Lipinski definition) is 5. The van der Waals surface area contributed by atoms with E-state index >= 15 is 0 Å². The van der Waals surface area contributed by atoms with Crippen LogP contribution >= 0.6 is 0 Å². The van der Waals surface area contributed by atoms with E-state index in [2.05, 4.69) is 32.3 Å². The van der Waals surface area contributed by atoms with Gasteiger partial charge in [0.25, 0.3) is 0 Å². The first-order valence-electron chi connectivity index (χ1n) is 10.3. The number of aromatic nitrogens is 7. The van der Waals surface area contributed by atoms with Crippen LogP contribution < -0.4 is 5.69 Å². The molecule has 2 aliphatic rings. The predicted molar refractivity (Wildman–Crippen MR) is 110 cm³/mol. The first kappa shape index (κ1) is 17.3. The molecule has 0 N–H and O–H groups in total. The van der Waals surface area contributed by atoms with Crippen LogP contribution in [0.2, 0.25) is 0 Å². The van der Waals surface area contributed by atoms with Crippen molar-refractivity contribution in [2.24, 2.45) is 0 Å². The van der Waals surface area contributed by atoms with Gasteiger partial charge in [0.2, 0.25) is 0 Å². The van der Waals surface area contributed by atoms with Gasteiger partial charge in [-0.25, -0.2) is 9.48 Å². The fourth-order valence-electron chi connectivity index (χ4n) is 4.64. The second kappa shape index (κ2) is 6.76. The van der Waals surface area contributed by atoms with E-state index < -0.39 is 0 Å². The molecule has 6 rings (SSSR count). The zero-order chi connectivity index (χ0) is 20.1. The minimum absolute atomic E-state index is 0.0144. The summed E-state index contributed by atoms with van der Waals surface area (Å²) in [5.41, 5.74) is 2.96. The molecule has 0 spiro atoms. The summed E-state index contributed by atoms with van der Waals surface area (Å²) >= 11 is 0. The zero-order valence-corrected chi connectivity index (χ0v) is 16.4. The lowest BCUT2D eigenvalue weighted by atomic mass is 9.87. The molecule has 1 aliphatic carbocycles. The third kappa shape index (κ3) is 2.71. The van der Waals surface area contributed by atoms with Gasteiger partial charge >= 0.3 is 5.69 Å². The molecule has 1 aromatic carbocycles. The summed E-state index contributed by atoms with van der Waals surface area (Å²) < 4.78 is 5.57. The Morgan fingerprint density at radius 2 is 1.87 bits per heavy atom.